The topological polar surface area (TPSA) is 89.8 Å². The third-order valence-corrected chi connectivity index (χ3v) is 8.82. The zero-order valence-corrected chi connectivity index (χ0v) is 19.7. The van der Waals surface area contributed by atoms with Crippen LogP contribution in [0.4, 0.5) is 5.69 Å². The molecule has 34 heavy (non-hydrogen) atoms. The van der Waals surface area contributed by atoms with E-state index in [0.29, 0.717) is 19.4 Å². The summed E-state index contributed by atoms with van der Waals surface area (Å²) in [7, 11) is -4.09. The Morgan fingerprint density at radius 2 is 1.82 bits per heavy atom. The number of fused-ring (bicyclic) bond motifs is 2. The van der Waals surface area contributed by atoms with Crippen LogP contribution in [-0.2, 0) is 26.7 Å². The van der Waals surface area contributed by atoms with Crippen LogP contribution >= 0.6 is 0 Å². The van der Waals surface area contributed by atoms with E-state index in [9.17, 15) is 18.5 Å². The summed E-state index contributed by atoms with van der Waals surface area (Å²) in [6, 6.07) is 21.7. The number of aryl methyl sites for hydroxylation is 1. The molecule has 0 aromatic heterocycles. The van der Waals surface area contributed by atoms with E-state index in [0.717, 1.165) is 22.3 Å². The quantitative estimate of drug-likeness (QED) is 0.393. The van der Waals surface area contributed by atoms with Crippen molar-refractivity contribution >= 4 is 15.7 Å². The van der Waals surface area contributed by atoms with Crippen molar-refractivity contribution in [3.05, 3.63) is 105 Å². The van der Waals surface area contributed by atoms with E-state index in [1.54, 1.807) is 0 Å². The van der Waals surface area contributed by atoms with Crippen molar-refractivity contribution in [2.24, 2.45) is 0 Å². The normalized spacial score (nSPS) is 22.9. The van der Waals surface area contributed by atoms with E-state index < -0.39 is 26.0 Å². The second kappa shape index (κ2) is 8.61. The average Bonchev–Trinajstić information content (AvgIpc) is 2.84. The van der Waals surface area contributed by atoms with Crippen molar-refractivity contribution in [3.8, 4) is 0 Å². The number of ether oxygens (including phenoxy) is 1. The molecule has 0 aliphatic carbocycles. The maximum absolute atomic E-state index is 13.7. The van der Waals surface area contributed by atoms with Gasteiger partial charge >= 0.3 is 0 Å². The van der Waals surface area contributed by atoms with Crippen molar-refractivity contribution in [1.29, 1.82) is 0 Å². The standard InChI is InChI=1S/C26H26N2O5S/c1-19-7-6-9-20(15-19)24-16-26(13-14-33-24)18-27(17-21-8-2-3-10-22(21)26)34(31,32)25-12-5-4-11-23(25)28(29)30/h2-12,15,24H,13-14,16-18H2,1H3/t24-,26+/m0/s1. The Labute approximate surface area is 199 Å². The fourth-order valence-corrected chi connectivity index (χ4v) is 7.03. The Bertz CT molecular complexity index is 1360. The van der Waals surface area contributed by atoms with E-state index in [2.05, 4.69) is 12.1 Å². The fraction of sp³-hybridized carbons (Fsp3) is 0.308. The van der Waals surface area contributed by atoms with Crippen molar-refractivity contribution in [1.82, 2.24) is 4.31 Å². The first-order valence-corrected chi connectivity index (χ1v) is 12.7. The van der Waals surface area contributed by atoms with E-state index in [1.807, 2.05) is 43.3 Å². The third-order valence-electron chi connectivity index (χ3n) is 6.98. The molecule has 0 N–H and O–H groups in total. The van der Waals surface area contributed by atoms with Crippen LogP contribution in [0.3, 0.4) is 0 Å². The predicted molar refractivity (Wildman–Crippen MR) is 128 cm³/mol. The molecule has 176 valence electrons. The molecule has 2 aliphatic rings. The third kappa shape index (κ3) is 3.91. The molecule has 0 radical (unpaired) electrons. The van der Waals surface area contributed by atoms with Gasteiger partial charge in [-0.3, -0.25) is 10.1 Å². The number of sulfonamides is 1. The van der Waals surface area contributed by atoms with Crippen molar-refractivity contribution in [3.63, 3.8) is 0 Å². The minimum absolute atomic E-state index is 0.157. The summed E-state index contributed by atoms with van der Waals surface area (Å²) in [5.41, 5.74) is 3.45. The Hall–Kier alpha value is -3.07. The van der Waals surface area contributed by atoms with Crippen molar-refractivity contribution in [2.75, 3.05) is 13.2 Å². The summed E-state index contributed by atoms with van der Waals surface area (Å²) >= 11 is 0. The molecule has 7 nitrogen and oxygen atoms in total. The zero-order chi connectivity index (χ0) is 23.9. The molecular weight excluding hydrogens is 452 g/mol. The van der Waals surface area contributed by atoms with E-state index in [-0.39, 0.29) is 24.1 Å². The van der Waals surface area contributed by atoms with Crippen LogP contribution in [0.1, 0.15) is 41.2 Å². The van der Waals surface area contributed by atoms with E-state index >= 15 is 0 Å². The smallest absolute Gasteiger partial charge is 0.289 e. The number of benzene rings is 3. The molecule has 3 aromatic rings. The molecule has 3 aromatic carbocycles. The molecule has 2 heterocycles. The lowest BCUT2D eigenvalue weighted by molar-refractivity contribution is -0.387. The van der Waals surface area contributed by atoms with Gasteiger partial charge in [-0.2, -0.15) is 4.31 Å². The van der Waals surface area contributed by atoms with Gasteiger partial charge in [-0.1, -0.05) is 66.2 Å². The lowest BCUT2D eigenvalue weighted by atomic mass is 9.68. The van der Waals surface area contributed by atoms with Crippen LogP contribution in [-0.4, -0.2) is 30.8 Å². The molecule has 1 saturated heterocycles. The maximum atomic E-state index is 13.7. The second-order valence-electron chi connectivity index (χ2n) is 9.16. The second-order valence-corrected chi connectivity index (χ2v) is 11.1. The number of nitrogens with zero attached hydrogens (tertiary/aromatic N) is 2. The van der Waals surface area contributed by atoms with E-state index in [4.69, 9.17) is 4.74 Å². The van der Waals surface area contributed by atoms with Gasteiger partial charge in [0, 0.05) is 31.2 Å². The SMILES string of the molecule is Cc1cccc([C@@H]2C[C@]3(CCO2)CN(S(=O)(=O)c2ccccc2[N+](=O)[O-])Cc2ccccc23)c1. The van der Waals surface area contributed by atoms with Gasteiger partial charge in [0.05, 0.1) is 11.0 Å². The molecule has 8 heteroatoms. The largest absolute Gasteiger partial charge is 0.373 e. The fourth-order valence-electron chi connectivity index (χ4n) is 5.36. The van der Waals surface area contributed by atoms with Crippen LogP contribution in [0, 0.1) is 17.0 Å². The zero-order valence-electron chi connectivity index (χ0n) is 18.9. The van der Waals surface area contributed by atoms with Gasteiger partial charge in [0.2, 0.25) is 10.0 Å². The van der Waals surface area contributed by atoms with E-state index in [1.165, 1.54) is 28.6 Å². The Balaban J connectivity index is 1.57. The number of nitro benzene ring substituents is 1. The number of hydrogen-bond donors (Lipinski definition) is 0. The van der Waals surface area contributed by atoms with Gasteiger partial charge in [-0.05, 0) is 42.5 Å². The van der Waals surface area contributed by atoms with Gasteiger partial charge in [0.25, 0.3) is 5.69 Å². The molecule has 2 aliphatic heterocycles. The highest BCUT2D eigenvalue weighted by molar-refractivity contribution is 7.89. The maximum Gasteiger partial charge on any atom is 0.289 e. The van der Waals surface area contributed by atoms with Gasteiger partial charge in [0.1, 0.15) is 0 Å². The molecule has 0 amide bonds. The molecule has 5 rings (SSSR count). The van der Waals surface area contributed by atoms with Gasteiger partial charge < -0.3 is 4.74 Å². The van der Waals surface area contributed by atoms with Crippen LogP contribution < -0.4 is 0 Å². The minimum atomic E-state index is -4.09. The summed E-state index contributed by atoms with van der Waals surface area (Å²) in [5.74, 6) is 0. The first kappa shape index (κ1) is 22.7. The van der Waals surface area contributed by atoms with Crippen LogP contribution in [0.5, 0.6) is 0 Å². The highest BCUT2D eigenvalue weighted by Gasteiger charge is 2.47. The van der Waals surface area contributed by atoms with Crippen LogP contribution in [0.25, 0.3) is 0 Å². The Morgan fingerprint density at radius 1 is 1.06 bits per heavy atom. The Morgan fingerprint density at radius 3 is 2.62 bits per heavy atom. The summed E-state index contributed by atoms with van der Waals surface area (Å²) in [4.78, 5) is 10.7. The van der Waals surface area contributed by atoms with Crippen LogP contribution in [0.15, 0.2) is 77.7 Å². The number of nitro groups is 1. The molecule has 0 saturated carbocycles. The lowest BCUT2D eigenvalue weighted by Crippen LogP contribution is -2.50. The summed E-state index contributed by atoms with van der Waals surface area (Å²) in [5, 5.41) is 11.6. The highest BCUT2D eigenvalue weighted by Crippen LogP contribution is 2.48. The number of hydrogen-bond acceptors (Lipinski definition) is 5. The van der Waals surface area contributed by atoms with Gasteiger partial charge in [0.15, 0.2) is 4.90 Å². The lowest BCUT2D eigenvalue weighted by Gasteiger charge is -2.48. The Kier molecular flexibility index (Phi) is 5.75. The molecule has 2 atom stereocenters. The van der Waals surface area contributed by atoms with Crippen molar-refractivity contribution < 1.29 is 18.1 Å². The molecule has 0 bridgehead atoms. The number of rotatable bonds is 4. The number of para-hydroxylation sites is 1. The van der Waals surface area contributed by atoms with Crippen molar-refractivity contribution in [2.45, 2.75) is 42.7 Å². The predicted octanol–water partition coefficient (Wildman–Crippen LogP) is 4.90. The molecular formula is C26H26N2O5S. The summed E-state index contributed by atoms with van der Waals surface area (Å²) in [6.07, 6.45) is 1.15. The average molecular weight is 479 g/mol. The molecule has 0 unspecified atom stereocenters. The highest BCUT2D eigenvalue weighted by atomic mass is 32.2. The van der Waals surface area contributed by atoms with Gasteiger partial charge in [-0.15, -0.1) is 0 Å². The first-order valence-electron chi connectivity index (χ1n) is 11.3. The molecule has 1 spiro atoms. The summed E-state index contributed by atoms with van der Waals surface area (Å²) < 4.78 is 35.0. The molecule has 1 fully saturated rings. The van der Waals surface area contributed by atoms with Crippen LogP contribution in [0.2, 0.25) is 0 Å². The minimum Gasteiger partial charge on any atom is -0.373 e. The monoisotopic (exact) mass is 478 g/mol. The van der Waals surface area contributed by atoms with Gasteiger partial charge in [-0.25, -0.2) is 8.42 Å². The summed E-state index contributed by atoms with van der Waals surface area (Å²) in [6.45, 7) is 2.98. The first-order chi connectivity index (χ1) is 16.3.